The third kappa shape index (κ3) is 9.52. The van der Waals surface area contributed by atoms with Crippen LogP contribution in [0.5, 0.6) is 0 Å². The number of ether oxygens (including phenoxy) is 2. The summed E-state index contributed by atoms with van der Waals surface area (Å²) in [4.78, 5) is 44.3. The van der Waals surface area contributed by atoms with E-state index in [1.165, 1.54) is 0 Å². The number of carbonyl (C=O) groups is 3. The van der Waals surface area contributed by atoms with Crippen LogP contribution in [0.4, 0.5) is 5.82 Å². The van der Waals surface area contributed by atoms with Crippen LogP contribution < -0.4 is 16.5 Å². The van der Waals surface area contributed by atoms with E-state index in [-0.39, 0.29) is 83.6 Å². The second-order valence-corrected chi connectivity index (χ2v) is 13.2. The van der Waals surface area contributed by atoms with Crippen LogP contribution in [-0.4, -0.2) is 46.5 Å². The molecule has 0 spiro atoms. The van der Waals surface area contributed by atoms with Crippen molar-refractivity contribution in [3.63, 3.8) is 0 Å². The van der Waals surface area contributed by atoms with Crippen molar-refractivity contribution in [2.45, 2.75) is 100 Å². The van der Waals surface area contributed by atoms with Crippen molar-refractivity contribution in [1.82, 2.24) is 4.98 Å². The van der Waals surface area contributed by atoms with Crippen molar-refractivity contribution in [1.29, 1.82) is 0 Å². The van der Waals surface area contributed by atoms with Crippen LogP contribution in [0.2, 0.25) is 0 Å². The SMILES string of the molecule is CC(=O)O.CC1=C(C(=O)OC2C(C)CC(C)CC2C)C(N)=N/C1=C\c1[n-]c(N)c(C(=O)OC2C(C)CC(C)CC2C)c1C.O.[Zn]. The minimum absolute atomic E-state index is 0. The van der Waals surface area contributed by atoms with Gasteiger partial charge in [-0.2, -0.15) is 0 Å². The quantitative estimate of drug-likeness (QED) is 0.292. The molecule has 1 aromatic rings. The number of nitrogen functional groups attached to an aromatic ring is 1. The molecule has 12 heteroatoms. The molecule has 45 heavy (non-hydrogen) atoms. The topological polar surface area (TPSA) is 200 Å². The zero-order valence-corrected chi connectivity index (χ0v) is 31.2. The molecule has 0 amide bonds. The van der Waals surface area contributed by atoms with Gasteiger partial charge < -0.3 is 36.5 Å². The Bertz CT molecular complexity index is 1310. The minimum Gasteiger partial charge on any atom is -0.494 e. The van der Waals surface area contributed by atoms with Gasteiger partial charge in [-0.1, -0.05) is 47.4 Å². The fourth-order valence-corrected chi connectivity index (χ4v) is 7.32. The number of rotatable bonds is 5. The Hall–Kier alpha value is -2.98. The largest absolute Gasteiger partial charge is 0.494 e. The number of aromatic nitrogens is 1. The summed E-state index contributed by atoms with van der Waals surface area (Å²) in [6.07, 6.45) is 5.52. The van der Waals surface area contributed by atoms with E-state index in [0.29, 0.717) is 34.4 Å². The molecule has 0 bridgehead atoms. The fraction of sp³-hybridized carbons (Fsp3) is 0.636. The number of esters is 2. The maximum Gasteiger partial charge on any atom is 0.342 e. The molecule has 4 rings (SSSR count). The van der Waals surface area contributed by atoms with Gasteiger partial charge in [0.25, 0.3) is 5.97 Å². The molecule has 4 unspecified atom stereocenters. The number of carbonyl (C=O) groups excluding carboxylic acids is 2. The predicted octanol–water partition coefficient (Wildman–Crippen LogP) is 4.67. The number of aliphatic carboxylic acids is 1. The number of allylic oxidation sites excluding steroid dienone is 1. The Morgan fingerprint density at radius 2 is 1.24 bits per heavy atom. The Morgan fingerprint density at radius 3 is 1.67 bits per heavy atom. The van der Waals surface area contributed by atoms with Gasteiger partial charge in [-0.15, -0.1) is 0 Å². The van der Waals surface area contributed by atoms with E-state index in [0.717, 1.165) is 32.6 Å². The monoisotopic (exact) mass is 679 g/mol. The fourth-order valence-electron chi connectivity index (χ4n) is 7.32. The molecule has 0 radical (unpaired) electrons. The second kappa shape index (κ2) is 16.5. The molecule has 2 saturated carbocycles. The molecule has 2 aliphatic carbocycles. The number of nitrogens with two attached hydrogens (primary N) is 2. The molecule has 11 nitrogen and oxygen atoms in total. The smallest absolute Gasteiger partial charge is 0.342 e. The Morgan fingerprint density at radius 1 is 0.844 bits per heavy atom. The van der Waals surface area contributed by atoms with Crippen LogP contribution in [0.3, 0.4) is 0 Å². The van der Waals surface area contributed by atoms with Crippen LogP contribution in [-0.2, 0) is 38.5 Å². The van der Waals surface area contributed by atoms with Gasteiger partial charge in [0.2, 0.25) is 0 Å². The molecule has 1 aromatic heterocycles. The molecule has 7 N–H and O–H groups in total. The van der Waals surface area contributed by atoms with Crippen LogP contribution >= 0.6 is 0 Å². The number of carboxylic acid groups (broad SMARTS) is 1. The number of nitrogens with zero attached hydrogens (tertiary/aromatic N) is 2. The van der Waals surface area contributed by atoms with E-state index in [1.54, 1.807) is 19.9 Å². The van der Waals surface area contributed by atoms with Crippen LogP contribution in [0.25, 0.3) is 6.08 Å². The van der Waals surface area contributed by atoms with Gasteiger partial charge in [0.05, 0.1) is 11.3 Å². The number of amidine groups is 1. The van der Waals surface area contributed by atoms with Crippen molar-refractivity contribution in [2.24, 2.45) is 46.2 Å². The summed E-state index contributed by atoms with van der Waals surface area (Å²) in [5.74, 6) is 0.879. The van der Waals surface area contributed by atoms with Gasteiger partial charge in [-0.05, 0) is 97.9 Å². The van der Waals surface area contributed by atoms with Gasteiger partial charge >= 0.3 is 11.9 Å². The van der Waals surface area contributed by atoms with Crippen LogP contribution in [0.1, 0.15) is 103 Å². The molecule has 4 atom stereocenters. The van der Waals surface area contributed by atoms with E-state index in [1.807, 2.05) is 0 Å². The molecule has 2 fully saturated rings. The van der Waals surface area contributed by atoms with Crippen LogP contribution in [0, 0.1) is 42.4 Å². The molecule has 0 aromatic carbocycles. The standard InChI is InChI=1S/C31H46N4O4.C2H4O2.H2O.Zn/c1-14-9-16(3)26(17(4)10-14)38-30(36)24-20(7)22(34-28(24)32)13-23-21(8)25(29(33)35-23)31(37)39-27-18(5)11-15(2)12-19(27)6;1-2(3)4;;/h13-19,26-27H,9-12H2,1-8H3,(H5,32,33,34,35,36,37);1H3,(H,3,4);1H2;/p-1. The maximum atomic E-state index is 13.2. The molecule has 3 aliphatic rings. The minimum atomic E-state index is -0.833. The number of hydrogen-bond acceptors (Lipinski definition) is 8. The van der Waals surface area contributed by atoms with E-state index < -0.39 is 17.9 Å². The van der Waals surface area contributed by atoms with Crippen molar-refractivity contribution < 1.29 is 53.9 Å². The summed E-state index contributed by atoms with van der Waals surface area (Å²) in [6.45, 7) is 17.7. The Labute approximate surface area is 279 Å². The van der Waals surface area contributed by atoms with Crippen molar-refractivity contribution >= 4 is 35.6 Å². The van der Waals surface area contributed by atoms with E-state index >= 15 is 0 Å². The van der Waals surface area contributed by atoms with E-state index in [4.69, 9.17) is 30.8 Å². The van der Waals surface area contributed by atoms with Crippen molar-refractivity contribution in [2.75, 3.05) is 5.73 Å². The summed E-state index contributed by atoms with van der Waals surface area (Å²) in [7, 11) is 0. The number of aliphatic imine (C=N–C) groups is 1. The Balaban J connectivity index is 0.00000159. The first-order chi connectivity index (χ1) is 20.0. The molecule has 2 heterocycles. The normalized spacial score (nSPS) is 30.2. The van der Waals surface area contributed by atoms with E-state index in [9.17, 15) is 9.59 Å². The summed E-state index contributed by atoms with van der Waals surface area (Å²) < 4.78 is 12.0. The van der Waals surface area contributed by atoms with Gasteiger partial charge in [0, 0.05) is 26.4 Å². The summed E-state index contributed by atoms with van der Waals surface area (Å²) in [6, 6.07) is 0. The number of hydrogen-bond donors (Lipinski definition) is 3. The molecule has 0 saturated heterocycles. The average molecular weight is 681 g/mol. The third-order valence-electron chi connectivity index (χ3n) is 9.02. The molecular formula is C33H51N4O7Zn-. The average Bonchev–Trinajstić information content (AvgIpc) is 3.31. The predicted molar refractivity (Wildman–Crippen MR) is 171 cm³/mol. The van der Waals surface area contributed by atoms with Crippen LogP contribution in [0.15, 0.2) is 21.8 Å². The first-order valence-electron chi connectivity index (χ1n) is 15.3. The number of carboxylic acids is 1. The van der Waals surface area contributed by atoms with Crippen molar-refractivity contribution in [3.05, 3.63) is 33.7 Å². The maximum absolute atomic E-state index is 13.2. The van der Waals surface area contributed by atoms with Crippen molar-refractivity contribution in [3.8, 4) is 0 Å². The first-order valence-corrected chi connectivity index (χ1v) is 15.3. The Kier molecular flexibility index (Phi) is 14.7. The first kappa shape index (κ1) is 40.0. The number of anilines is 1. The molecule has 248 valence electrons. The van der Waals surface area contributed by atoms with Gasteiger partial charge in [0.15, 0.2) is 0 Å². The summed E-state index contributed by atoms with van der Waals surface area (Å²) in [5, 5.41) is 7.42. The summed E-state index contributed by atoms with van der Waals surface area (Å²) in [5.41, 5.74) is 15.2. The molecule has 1 aliphatic heterocycles. The zero-order chi connectivity index (χ0) is 32.3. The van der Waals surface area contributed by atoms with Gasteiger partial charge in [0.1, 0.15) is 23.6 Å². The van der Waals surface area contributed by atoms with Gasteiger partial charge in [-0.25, -0.2) is 14.6 Å². The second-order valence-electron chi connectivity index (χ2n) is 13.2. The molecular weight excluding hydrogens is 630 g/mol. The van der Waals surface area contributed by atoms with Gasteiger partial charge in [-0.3, -0.25) is 4.79 Å². The summed E-state index contributed by atoms with van der Waals surface area (Å²) >= 11 is 0. The third-order valence-corrected chi connectivity index (χ3v) is 9.02. The zero-order valence-electron chi connectivity index (χ0n) is 28.3. The van der Waals surface area contributed by atoms with E-state index in [2.05, 4.69) is 51.5 Å².